The molecule has 1 heterocycles. The summed E-state index contributed by atoms with van der Waals surface area (Å²) in [6.07, 6.45) is 1.36. The van der Waals surface area contributed by atoms with Gasteiger partial charge in [-0.05, 0) is 42.0 Å². The molecule has 126 valence electrons. The second kappa shape index (κ2) is 7.60. The van der Waals surface area contributed by atoms with E-state index in [0.29, 0.717) is 16.5 Å². The van der Waals surface area contributed by atoms with Gasteiger partial charge in [-0.3, -0.25) is 4.79 Å². The van der Waals surface area contributed by atoms with Crippen LogP contribution in [-0.2, 0) is 11.3 Å². The van der Waals surface area contributed by atoms with E-state index in [9.17, 15) is 4.79 Å². The van der Waals surface area contributed by atoms with Crippen LogP contribution in [0, 0.1) is 11.3 Å². The number of carbonyl (C=O) groups excluding carboxylic acids is 1. The van der Waals surface area contributed by atoms with E-state index < -0.39 is 5.91 Å². The first kappa shape index (κ1) is 16.7. The summed E-state index contributed by atoms with van der Waals surface area (Å²) in [6.45, 7) is 0.471. The molecule has 0 bridgehead atoms. The molecular formula is C18H14ClN3O3. The number of ether oxygens (including phenoxy) is 2. The molecule has 0 saturated heterocycles. The fourth-order valence-electron chi connectivity index (χ4n) is 2.18. The molecule has 6 nitrogen and oxygen atoms in total. The van der Waals surface area contributed by atoms with E-state index in [2.05, 4.69) is 10.6 Å². The normalized spacial score (nSPS) is 12.4. The Morgan fingerprint density at radius 3 is 2.72 bits per heavy atom. The lowest BCUT2D eigenvalue weighted by Gasteiger charge is -2.06. The van der Waals surface area contributed by atoms with Crippen LogP contribution >= 0.6 is 11.6 Å². The topological polar surface area (TPSA) is 83.4 Å². The molecule has 0 aromatic heterocycles. The van der Waals surface area contributed by atoms with Gasteiger partial charge in [0.05, 0.1) is 0 Å². The number of nitriles is 1. The second-order valence-electron chi connectivity index (χ2n) is 5.19. The Kier molecular flexibility index (Phi) is 5.07. The zero-order chi connectivity index (χ0) is 17.6. The third-order valence-electron chi connectivity index (χ3n) is 3.48. The van der Waals surface area contributed by atoms with E-state index in [1.807, 2.05) is 12.1 Å². The van der Waals surface area contributed by atoms with E-state index >= 15 is 0 Å². The number of fused-ring (bicyclic) bond motifs is 1. The number of nitrogens with one attached hydrogen (secondary N) is 2. The molecule has 2 N–H and O–H groups in total. The van der Waals surface area contributed by atoms with Crippen molar-refractivity contribution in [3.05, 3.63) is 64.8 Å². The number of hydrogen-bond acceptors (Lipinski definition) is 5. The lowest BCUT2D eigenvalue weighted by Crippen LogP contribution is -2.24. The van der Waals surface area contributed by atoms with Crippen molar-refractivity contribution < 1.29 is 14.3 Å². The molecular weight excluding hydrogens is 342 g/mol. The van der Waals surface area contributed by atoms with Gasteiger partial charge in [0, 0.05) is 23.5 Å². The molecule has 0 saturated carbocycles. The smallest absolute Gasteiger partial charge is 0.263 e. The Hall–Kier alpha value is -3.17. The average Bonchev–Trinajstić information content (AvgIpc) is 3.09. The van der Waals surface area contributed by atoms with Crippen molar-refractivity contribution in [3.63, 3.8) is 0 Å². The van der Waals surface area contributed by atoms with Crippen LogP contribution in [0.25, 0.3) is 0 Å². The SMILES string of the molecule is N#C/C(=C/Nc1ccc(Cl)cc1)C(=O)NCc1ccc2c(c1)OCO2. The van der Waals surface area contributed by atoms with Crippen molar-refractivity contribution in [2.45, 2.75) is 6.54 Å². The quantitative estimate of drug-likeness (QED) is 0.635. The van der Waals surface area contributed by atoms with Crippen LogP contribution in [0.4, 0.5) is 5.69 Å². The molecule has 1 aliphatic heterocycles. The molecule has 7 heteroatoms. The lowest BCUT2D eigenvalue weighted by molar-refractivity contribution is -0.117. The average molecular weight is 356 g/mol. The van der Waals surface area contributed by atoms with Crippen LogP contribution in [0.2, 0.25) is 5.02 Å². The number of rotatable bonds is 5. The van der Waals surface area contributed by atoms with Crippen LogP contribution in [-0.4, -0.2) is 12.7 Å². The van der Waals surface area contributed by atoms with E-state index in [4.69, 9.17) is 26.3 Å². The van der Waals surface area contributed by atoms with Crippen LogP contribution < -0.4 is 20.1 Å². The first-order valence-corrected chi connectivity index (χ1v) is 7.82. The van der Waals surface area contributed by atoms with Crippen molar-refractivity contribution in [2.75, 3.05) is 12.1 Å². The Bertz CT molecular complexity index is 857. The van der Waals surface area contributed by atoms with Gasteiger partial charge in [0.25, 0.3) is 5.91 Å². The maximum absolute atomic E-state index is 12.1. The summed E-state index contributed by atoms with van der Waals surface area (Å²) in [7, 11) is 0. The van der Waals surface area contributed by atoms with E-state index in [-0.39, 0.29) is 18.9 Å². The molecule has 3 rings (SSSR count). The lowest BCUT2D eigenvalue weighted by atomic mass is 10.2. The van der Waals surface area contributed by atoms with Gasteiger partial charge in [0.1, 0.15) is 11.6 Å². The van der Waals surface area contributed by atoms with Gasteiger partial charge in [0.15, 0.2) is 11.5 Å². The predicted octanol–water partition coefficient (Wildman–Crippen LogP) is 3.20. The fraction of sp³-hybridized carbons (Fsp3) is 0.111. The van der Waals surface area contributed by atoms with Crippen molar-refractivity contribution >= 4 is 23.2 Å². The number of amides is 1. The standard InChI is InChI=1S/C18H14ClN3O3/c19-14-2-4-15(5-3-14)21-10-13(8-20)18(23)22-9-12-1-6-16-17(7-12)25-11-24-16/h1-7,10,21H,9,11H2,(H,22,23)/b13-10-. The first-order valence-electron chi connectivity index (χ1n) is 7.45. The number of hydrogen-bond donors (Lipinski definition) is 2. The van der Waals surface area contributed by atoms with Gasteiger partial charge in [-0.1, -0.05) is 17.7 Å². The van der Waals surface area contributed by atoms with Crippen LogP contribution in [0.1, 0.15) is 5.56 Å². The third kappa shape index (κ3) is 4.22. The Balaban J connectivity index is 1.59. The van der Waals surface area contributed by atoms with Crippen molar-refractivity contribution in [1.82, 2.24) is 5.32 Å². The number of nitrogens with zero attached hydrogens (tertiary/aromatic N) is 1. The number of anilines is 1. The molecule has 1 amide bonds. The summed E-state index contributed by atoms with van der Waals surface area (Å²) in [4.78, 5) is 12.1. The van der Waals surface area contributed by atoms with Crippen molar-refractivity contribution in [1.29, 1.82) is 5.26 Å². The van der Waals surface area contributed by atoms with Gasteiger partial charge in [-0.2, -0.15) is 5.26 Å². The van der Waals surface area contributed by atoms with E-state index in [0.717, 1.165) is 11.3 Å². The molecule has 0 atom stereocenters. The highest BCUT2D eigenvalue weighted by atomic mass is 35.5. The summed E-state index contributed by atoms with van der Waals surface area (Å²) in [6, 6.07) is 14.2. The van der Waals surface area contributed by atoms with Crippen molar-refractivity contribution in [2.24, 2.45) is 0 Å². The maximum atomic E-state index is 12.1. The number of halogens is 1. The molecule has 0 spiro atoms. The highest BCUT2D eigenvalue weighted by molar-refractivity contribution is 6.30. The second-order valence-corrected chi connectivity index (χ2v) is 5.63. The molecule has 0 aliphatic carbocycles. The summed E-state index contributed by atoms with van der Waals surface area (Å²) in [5.74, 6) is 0.855. The molecule has 25 heavy (non-hydrogen) atoms. The molecule has 0 radical (unpaired) electrons. The van der Waals surface area contributed by atoms with Crippen LogP contribution in [0.3, 0.4) is 0 Å². The number of carbonyl (C=O) groups is 1. The molecule has 2 aromatic carbocycles. The summed E-state index contributed by atoms with van der Waals surface area (Å²) < 4.78 is 10.5. The van der Waals surface area contributed by atoms with Gasteiger partial charge in [0.2, 0.25) is 6.79 Å². The molecule has 1 aliphatic rings. The van der Waals surface area contributed by atoms with Crippen LogP contribution in [0.5, 0.6) is 11.5 Å². The zero-order valence-electron chi connectivity index (χ0n) is 13.1. The zero-order valence-corrected chi connectivity index (χ0v) is 13.8. The number of benzene rings is 2. The summed E-state index contributed by atoms with van der Waals surface area (Å²) in [5, 5.41) is 15.4. The highest BCUT2D eigenvalue weighted by Crippen LogP contribution is 2.32. The minimum atomic E-state index is -0.471. The van der Waals surface area contributed by atoms with Gasteiger partial charge < -0.3 is 20.1 Å². The van der Waals surface area contributed by atoms with E-state index in [1.165, 1.54) is 6.20 Å². The third-order valence-corrected chi connectivity index (χ3v) is 3.73. The van der Waals surface area contributed by atoms with Gasteiger partial charge in [-0.15, -0.1) is 0 Å². The van der Waals surface area contributed by atoms with Gasteiger partial charge in [-0.25, -0.2) is 0 Å². The molecule has 0 fully saturated rings. The molecule has 0 unspecified atom stereocenters. The minimum Gasteiger partial charge on any atom is -0.454 e. The first-order chi connectivity index (χ1) is 12.2. The Morgan fingerprint density at radius 2 is 1.96 bits per heavy atom. The highest BCUT2D eigenvalue weighted by Gasteiger charge is 2.14. The van der Waals surface area contributed by atoms with E-state index in [1.54, 1.807) is 36.4 Å². The minimum absolute atomic E-state index is 0.0318. The maximum Gasteiger partial charge on any atom is 0.263 e. The summed E-state index contributed by atoms with van der Waals surface area (Å²) in [5.41, 5.74) is 1.54. The largest absolute Gasteiger partial charge is 0.454 e. The monoisotopic (exact) mass is 355 g/mol. The van der Waals surface area contributed by atoms with Crippen LogP contribution in [0.15, 0.2) is 54.2 Å². The fourth-order valence-corrected chi connectivity index (χ4v) is 2.30. The summed E-state index contributed by atoms with van der Waals surface area (Å²) >= 11 is 5.81. The Morgan fingerprint density at radius 1 is 1.20 bits per heavy atom. The van der Waals surface area contributed by atoms with Gasteiger partial charge >= 0.3 is 0 Å². The molecule has 2 aromatic rings. The predicted molar refractivity (Wildman–Crippen MR) is 93.2 cm³/mol. The Labute approximate surface area is 149 Å². The van der Waals surface area contributed by atoms with Crippen molar-refractivity contribution in [3.8, 4) is 17.6 Å².